The van der Waals surface area contributed by atoms with Gasteiger partial charge in [-0.05, 0) is 79.8 Å². The predicted molar refractivity (Wildman–Crippen MR) is 161 cm³/mol. The van der Waals surface area contributed by atoms with Crippen molar-refractivity contribution in [1.29, 1.82) is 0 Å². The van der Waals surface area contributed by atoms with E-state index < -0.39 is 66.5 Å². The van der Waals surface area contributed by atoms with Crippen LogP contribution in [-0.4, -0.2) is 87.9 Å². The van der Waals surface area contributed by atoms with Crippen molar-refractivity contribution in [3.63, 3.8) is 0 Å². The number of phenols is 1. The summed E-state index contributed by atoms with van der Waals surface area (Å²) in [6.07, 6.45) is 1.04. The zero-order chi connectivity index (χ0) is 31.0. The average Bonchev–Trinajstić information content (AvgIpc) is 2.88. The Labute approximate surface area is 254 Å². The summed E-state index contributed by atoms with van der Waals surface area (Å²) in [7, 11) is 1.36. The van der Waals surface area contributed by atoms with E-state index in [9.17, 15) is 34.5 Å². The normalized spacial score (nSPS) is 28.5. The number of ether oxygens (including phenoxy) is 1. The Morgan fingerprint density at radius 1 is 1.12 bits per heavy atom. The fourth-order valence-electron chi connectivity index (χ4n) is 4.87. The van der Waals surface area contributed by atoms with Crippen LogP contribution in [0.2, 0.25) is 0 Å². The highest BCUT2D eigenvalue weighted by Gasteiger charge is 2.36. The Hall–Kier alpha value is -2.71. The zero-order valence-electron chi connectivity index (χ0n) is 24.4. The second-order valence-electron chi connectivity index (χ2n) is 11.0. The van der Waals surface area contributed by atoms with Crippen molar-refractivity contribution in [2.45, 2.75) is 84.2 Å². The quantitative estimate of drug-likeness (QED) is 0.181. The van der Waals surface area contributed by atoms with Gasteiger partial charge in [0.1, 0.15) is 17.8 Å². The van der Waals surface area contributed by atoms with Crippen LogP contribution >= 0.6 is 22.6 Å². The third-order valence-electron chi connectivity index (χ3n) is 7.06. The van der Waals surface area contributed by atoms with Crippen LogP contribution < -0.4 is 10.6 Å². The van der Waals surface area contributed by atoms with Gasteiger partial charge in [-0.15, -0.1) is 0 Å². The van der Waals surface area contributed by atoms with Gasteiger partial charge in [-0.1, -0.05) is 31.6 Å². The summed E-state index contributed by atoms with van der Waals surface area (Å²) >= 11 is 1.94. The van der Waals surface area contributed by atoms with Crippen LogP contribution in [0.25, 0.3) is 0 Å². The Kier molecular flexibility index (Phi) is 13.0. The number of amides is 3. The Bertz CT molecular complexity index is 1140. The summed E-state index contributed by atoms with van der Waals surface area (Å²) in [4.78, 5) is 54.2. The minimum atomic E-state index is -1.41. The van der Waals surface area contributed by atoms with E-state index in [0.717, 1.165) is 10.5 Å². The van der Waals surface area contributed by atoms with Crippen LogP contribution in [0.1, 0.15) is 53.0 Å². The van der Waals surface area contributed by atoms with Crippen molar-refractivity contribution in [2.24, 2.45) is 11.8 Å². The van der Waals surface area contributed by atoms with Crippen LogP contribution in [0, 0.1) is 15.4 Å². The number of carbonyl (C=O) groups excluding carboxylic acids is 4. The smallest absolute Gasteiger partial charge is 0.331 e. The number of hydrogen-bond acceptors (Lipinski definition) is 8. The zero-order valence-corrected chi connectivity index (χ0v) is 26.5. The number of nitrogens with zero attached hydrogens (tertiary/aromatic N) is 1. The molecular weight excluding hydrogens is 645 g/mol. The van der Waals surface area contributed by atoms with Gasteiger partial charge in [0.25, 0.3) is 0 Å². The predicted octanol–water partition coefficient (Wildman–Crippen LogP) is 1.65. The number of halogens is 1. The van der Waals surface area contributed by atoms with Crippen molar-refractivity contribution < 1.29 is 39.2 Å². The number of aromatic hydroxyl groups is 1. The number of rotatable bonds is 4. The topological polar surface area (TPSA) is 165 Å². The largest absolute Gasteiger partial charge is 0.507 e. The first kappa shape index (κ1) is 34.5. The molecule has 11 nitrogen and oxygen atoms in total. The number of aliphatic hydroxyl groups is 2. The molecule has 0 radical (unpaired) electrons. The molecule has 3 amide bonds. The SMILES string of the molecule is CC1=C[C@H](C)C[C@H](C)OC(=O)[C@H]([C@@H](C)O)NC(=O)[C@@H](Cc2ccc(O)c(I)c2)N(C)C(=O)[C@H](CO)NC(=O)[C@@H](C)C1. The third kappa shape index (κ3) is 9.96. The molecule has 1 aliphatic heterocycles. The summed E-state index contributed by atoms with van der Waals surface area (Å²) in [5.74, 6) is -3.13. The highest BCUT2D eigenvalue weighted by molar-refractivity contribution is 14.1. The van der Waals surface area contributed by atoms with Crippen LogP contribution in [0.5, 0.6) is 5.75 Å². The molecule has 2 rings (SSSR count). The van der Waals surface area contributed by atoms with Gasteiger partial charge in [0.15, 0.2) is 6.04 Å². The molecule has 1 aromatic carbocycles. The Morgan fingerprint density at radius 3 is 2.37 bits per heavy atom. The molecule has 0 aliphatic carbocycles. The molecule has 41 heavy (non-hydrogen) atoms. The fourth-order valence-corrected chi connectivity index (χ4v) is 5.45. The van der Waals surface area contributed by atoms with Gasteiger partial charge in [0, 0.05) is 19.4 Å². The van der Waals surface area contributed by atoms with E-state index in [1.807, 2.05) is 42.5 Å². The van der Waals surface area contributed by atoms with E-state index in [-0.39, 0.29) is 18.1 Å². The number of cyclic esters (lactones) is 1. The number of phenolic OH excluding ortho intramolecular Hbond substituents is 1. The molecular formula is C29H42IN3O8. The third-order valence-corrected chi connectivity index (χ3v) is 7.92. The van der Waals surface area contributed by atoms with E-state index in [4.69, 9.17) is 4.74 Å². The van der Waals surface area contributed by atoms with Gasteiger partial charge in [0.2, 0.25) is 17.7 Å². The lowest BCUT2D eigenvalue weighted by atomic mass is 9.95. The maximum atomic E-state index is 13.6. The minimum absolute atomic E-state index is 0.00411. The number of likely N-dealkylation sites (N-methyl/N-ethyl adjacent to an activating group) is 1. The fraction of sp³-hybridized carbons (Fsp3) is 0.586. The number of hydrogen-bond donors (Lipinski definition) is 5. The highest BCUT2D eigenvalue weighted by Crippen LogP contribution is 2.23. The molecule has 1 heterocycles. The van der Waals surface area contributed by atoms with Crippen LogP contribution in [0.4, 0.5) is 0 Å². The minimum Gasteiger partial charge on any atom is -0.507 e. The van der Waals surface area contributed by atoms with Crippen molar-refractivity contribution in [3.8, 4) is 5.75 Å². The van der Waals surface area contributed by atoms with Crippen LogP contribution in [0.15, 0.2) is 29.8 Å². The van der Waals surface area contributed by atoms with Crippen molar-refractivity contribution in [2.75, 3.05) is 13.7 Å². The van der Waals surface area contributed by atoms with E-state index in [1.165, 1.54) is 20.0 Å². The molecule has 228 valence electrons. The lowest BCUT2D eigenvalue weighted by molar-refractivity contribution is -0.156. The molecule has 0 unspecified atom stereocenters. The maximum absolute atomic E-state index is 13.6. The molecule has 0 spiro atoms. The summed E-state index contributed by atoms with van der Waals surface area (Å²) in [5, 5.41) is 35.4. The van der Waals surface area contributed by atoms with Gasteiger partial charge < -0.3 is 35.6 Å². The molecule has 0 aromatic heterocycles. The second kappa shape index (κ2) is 15.5. The molecule has 1 aromatic rings. The molecule has 0 fully saturated rings. The highest BCUT2D eigenvalue weighted by atomic mass is 127. The van der Waals surface area contributed by atoms with Crippen LogP contribution in [0.3, 0.4) is 0 Å². The van der Waals surface area contributed by atoms with E-state index in [0.29, 0.717) is 22.0 Å². The van der Waals surface area contributed by atoms with Gasteiger partial charge in [0.05, 0.1) is 22.4 Å². The number of aliphatic hydroxyl groups excluding tert-OH is 2. The van der Waals surface area contributed by atoms with Gasteiger partial charge in [-0.25, -0.2) is 4.79 Å². The Morgan fingerprint density at radius 2 is 1.78 bits per heavy atom. The summed E-state index contributed by atoms with van der Waals surface area (Å²) in [6.45, 7) is 7.95. The molecule has 7 atom stereocenters. The van der Waals surface area contributed by atoms with Gasteiger partial charge in [-0.2, -0.15) is 0 Å². The maximum Gasteiger partial charge on any atom is 0.331 e. The molecule has 5 N–H and O–H groups in total. The van der Waals surface area contributed by atoms with Crippen molar-refractivity contribution in [3.05, 3.63) is 39.0 Å². The van der Waals surface area contributed by atoms with E-state index in [2.05, 4.69) is 10.6 Å². The second-order valence-corrected chi connectivity index (χ2v) is 12.2. The summed E-state index contributed by atoms with van der Waals surface area (Å²) in [5.41, 5.74) is 1.55. The summed E-state index contributed by atoms with van der Waals surface area (Å²) < 4.78 is 6.11. The molecule has 0 saturated carbocycles. The molecule has 1 aliphatic rings. The lowest BCUT2D eigenvalue weighted by Crippen LogP contribution is -2.59. The summed E-state index contributed by atoms with van der Waals surface area (Å²) in [6, 6.07) is 0.786. The lowest BCUT2D eigenvalue weighted by Gasteiger charge is -2.32. The van der Waals surface area contributed by atoms with Gasteiger partial charge >= 0.3 is 5.97 Å². The van der Waals surface area contributed by atoms with Gasteiger partial charge in [-0.3, -0.25) is 14.4 Å². The number of esters is 1. The molecule has 0 saturated heterocycles. The molecule has 0 bridgehead atoms. The number of nitrogens with one attached hydrogen (secondary N) is 2. The van der Waals surface area contributed by atoms with Crippen molar-refractivity contribution >= 4 is 46.3 Å². The van der Waals surface area contributed by atoms with Crippen molar-refractivity contribution in [1.82, 2.24) is 15.5 Å². The van der Waals surface area contributed by atoms with E-state index in [1.54, 1.807) is 26.0 Å². The van der Waals surface area contributed by atoms with E-state index >= 15 is 0 Å². The number of benzene rings is 1. The Balaban J connectivity index is 2.52. The standard InChI is InChI=1S/C29H42IN3O8/c1-15-9-16(2)11-18(4)41-29(40)25(19(5)35)32-27(38)23(13-20-7-8-24(36)21(30)12-20)33(6)28(39)22(14-34)31-26(37)17(3)10-15/h7-9,12,16-19,22-23,25,34-36H,10-11,13-14H2,1-6H3,(H,31,37)(H,32,38)/t16-,17-,18-,19+,22-,23+,25-/m0/s1. The van der Waals surface area contributed by atoms with Crippen LogP contribution in [-0.2, 0) is 30.3 Å². The first-order chi connectivity index (χ1) is 19.1. The molecule has 12 heteroatoms. The first-order valence-electron chi connectivity index (χ1n) is 13.7. The monoisotopic (exact) mass is 687 g/mol. The first-order valence-corrected chi connectivity index (χ1v) is 14.7. The number of allylic oxidation sites excluding steroid dienone is 2. The average molecular weight is 688 g/mol. The number of carbonyl (C=O) groups is 4.